The molecule has 2 unspecified atom stereocenters. The second-order valence-electron chi connectivity index (χ2n) is 3.49. The van der Waals surface area contributed by atoms with E-state index in [0.29, 0.717) is 0 Å². The van der Waals surface area contributed by atoms with Crippen molar-refractivity contribution in [1.29, 1.82) is 0 Å². The van der Waals surface area contributed by atoms with Crippen LogP contribution >= 0.6 is 0 Å². The van der Waals surface area contributed by atoms with E-state index in [4.69, 9.17) is 0 Å². The predicted molar refractivity (Wildman–Crippen MR) is 43.4 cm³/mol. The molecule has 2 aliphatic rings. The summed E-state index contributed by atoms with van der Waals surface area (Å²) in [7, 11) is 0. The number of hydrogen-bond donors (Lipinski definition) is 0. The van der Waals surface area contributed by atoms with Crippen LogP contribution in [-0.2, 0) is 21.7 Å². The molecule has 0 N–H and O–H groups in total. The minimum absolute atomic E-state index is 0. The second-order valence-corrected chi connectivity index (χ2v) is 3.49. The van der Waals surface area contributed by atoms with Crippen LogP contribution in [0.1, 0.15) is 20.3 Å². The molecule has 1 fully saturated rings. The van der Waals surface area contributed by atoms with Crippen LogP contribution in [0.15, 0.2) is 23.8 Å². The van der Waals surface area contributed by atoms with Gasteiger partial charge in [-0.05, 0) is 11.8 Å². The van der Waals surface area contributed by atoms with E-state index < -0.39 is 0 Å². The third-order valence-electron chi connectivity index (χ3n) is 2.69. The van der Waals surface area contributed by atoms with Crippen molar-refractivity contribution in [2.24, 2.45) is 11.8 Å². The quantitative estimate of drug-likeness (QED) is 0.398. The molecule has 0 bridgehead atoms. The molecule has 0 aromatic heterocycles. The fraction of sp³-hybridized carbons (Fsp3) is 0.500. The van der Waals surface area contributed by atoms with Crippen molar-refractivity contribution in [3.05, 3.63) is 29.7 Å². The number of hydrogen-bond acceptors (Lipinski definition) is 0. The summed E-state index contributed by atoms with van der Waals surface area (Å²) < 4.78 is 0. The van der Waals surface area contributed by atoms with E-state index in [9.17, 15) is 0 Å². The number of allylic oxidation sites excluding steroid dienone is 4. The number of fused-ring (bicyclic) bond motifs is 1. The summed E-state index contributed by atoms with van der Waals surface area (Å²) in [6.45, 7) is 4.60. The largest absolute Gasteiger partial charge is 0.215 e. The molecule has 2 rings (SSSR count). The summed E-state index contributed by atoms with van der Waals surface area (Å²) >= 11 is 0. The molecular formula is C10H13Ti-. The smallest absolute Gasteiger partial charge is 0 e. The van der Waals surface area contributed by atoms with Crippen molar-refractivity contribution in [2.75, 3.05) is 0 Å². The average molecular weight is 181 g/mol. The van der Waals surface area contributed by atoms with Gasteiger partial charge in [-0.3, -0.25) is 0 Å². The Morgan fingerprint density at radius 3 is 2.91 bits per heavy atom. The van der Waals surface area contributed by atoms with Crippen molar-refractivity contribution in [1.82, 2.24) is 0 Å². The first-order chi connectivity index (χ1) is 4.79. The van der Waals surface area contributed by atoms with Gasteiger partial charge >= 0.3 is 0 Å². The van der Waals surface area contributed by atoms with E-state index in [1.807, 2.05) is 0 Å². The van der Waals surface area contributed by atoms with Crippen molar-refractivity contribution < 1.29 is 21.7 Å². The van der Waals surface area contributed by atoms with Gasteiger partial charge < -0.3 is 0 Å². The third-order valence-corrected chi connectivity index (χ3v) is 2.69. The molecule has 0 heterocycles. The minimum atomic E-state index is 0. The first-order valence-electron chi connectivity index (χ1n) is 4.00. The first kappa shape index (κ1) is 9.15. The van der Waals surface area contributed by atoms with Gasteiger partial charge in [0.1, 0.15) is 0 Å². The Hall–Kier alpha value is 0.0643. The van der Waals surface area contributed by atoms with Gasteiger partial charge in [-0.15, -0.1) is 13.0 Å². The van der Waals surface area contributed by atoms with Gasteiger partial charge in [-0.2, -0.15) is 0 Å². The van der Waals surface area contributed by atoms with Gasteiger partial charge in [0.25, 0.3) is 0 Å². The van der Waals surface area contributed by atoms with Gasteiger partial charge in [0, 0.05) is 21.7 Å². The Morgan fingerprint density at radius 1 is 1.55 bits per heavy atom. The molecule has 0 saturated heterocycles. The van der Waals surface area contributed by atoms with Crippen LogP contribution in [0, 0.1) is 17.8 Å². The maximum Gasteiger partial charge on any atom is 0 e. The van der Waals surface area contributed by atoms with Crippen molar-refractivity contribution >= 4 is 0 Å². The maximum atomic E-state index is 2.34. The molecule has 0 aromatic rings. The summed E-state index contributed by atoms with van der Waals surface area (Å²) in [6, 6.07) is 0. The van der Waals surface area contributed by atoms with Gasteiger partial charge in [-0.25, -0.2) is 17.6 Å². The van der Waals surface area contributed by atoms with Crippen LogP contribution in [0.25, 0.3) is 0 Å². The summed E-state index contributed by atoms with van der Waals surface area (Å²) in [4.78, 5) is 0. The van der Waals surface area contributed by atoms with Crippen LogP contribution in [0.5, 0.6) is 0 Å². The molecule has 2 atom stereocenters. The van der Waals surface area contributed by atoms with Gasteiger partial charge in [0.2, 0.25) is 0 Å². The molecular weight excluding hydrogens is 168 g/mol. The standard InChI is InChI=1S/C10H13.Ti/c1-7-6-8(2)10-5-3-4-9(7)10;/h3-5,7,9H,6H2,1-2H3;/q-1;. The van der Waals surface area contributed by atoms with Gasteiger partial charge in [0.15, 0.2) is 0 Å². The summed E-state index contributed by atoms with van der Waals surface area (Å²) in [5.74, 6) is 3.22. The van der Waals surface area contributed by atoms with E-state index in [-0.39, 0.29) is 21.7 Å². The Bertz CT molecular complexity index is 203. The molecule has 1 heteroatoms. The van der Waals surface area contributed by atoms with Crippen LogP contribution in [-0.4, -0.2) is 0 Å². The third kappa shape index (κ3) is 1.34. The fourth-order valence-electron chi connectivity index (χ4n) is 2.14. The summed E-state index contributed by atoms with van der Waals surface area (Å²) in [5.41, 5.74) is 1.59. The van der Waals surface area contributed by atoms with E-state index in [1.165, 1.54) is 6.42 Å². The Morgan fingerprint density at radius 2 is 2.27 bits per heavy atom. The predicted octanol–water partition coefficient (Wildman–Crippen LogP) is 2.73. The van der Waals surface area contributed by atoms with Crippen LogP contribution in [0.3, 0.4) is 0 Å². The maximum absolute atomic E-state index is 2.34. The Kier molecular flexibility index (Phi) is 2.67. The zero-order valence-corrected chi connectivity index (χ0v) is 8.66. The molecule has 0 radical (unpaired) electrons. The minimum Gasteiger partial charge on any atom is -0.215 e. The van der Waals surface area contributed by atoms with Gasteiger partial charge in [-0.1, -0.05) is 19.4 Å². The molecule has 0 aliphatic heterocycles. The monoisotopic (exact) mass is 181 g/mol. The van der Waals surface area contributed by atoms with E-state index in [0.717, 1.165) is 11.8 Å². The number of rotatable bonds is 0. The molecule has 0 aromatic carbocycles. The molecule has 2 aliphatic carbocycles. The van der Waals surface area contributed by atoms with Crippen molar-refractivity contribution in [2.45, 2.75) is 20.3 Å². The first-order valence-corrected chi connectivity index (χ1v) is 4.00. The van der Waals surface area contributed by atoms with Gasteiger partial charge in [0.05, 0.1) is 0 Å². The zero-order chi connectivity index (χ0) is 7.14. The summed E-state index contributed by atoms with van der Waals surface area (Å²) in [6.07, 6.45) is 8.10. The molecule has 0 amide bonds. The Labute approximate surface area is 83.6 Å². The average Bonchev–Trinajstić information content (AvgIpc) is 2.39. The Balaban J connectivity index is 0.000000605. The van der Waals surface area contributed by atoms with Crippen LogP contribution < -0.4 is 0 Å². The topological polar surface area (TPSA) is 0 Å². The van der Waals surface area contributed by atoms with E-state index in [2.05, 4.69) is 32.1 Å². The molecule has 0 spiro atoms. The van der Waals surface area contributed by atoms with E-state index in [1.54, 1.807) is 11.5 Å². The normalized spacial score (nSPS) is 33.3. The molecule has 11 heavy (non-hydrogen) atoms. The van der Waals surface area contributed by atoms with Crippen molar-refractivity contribution in [3.63, 3.8) is 0 Å². The van der Waals surface area contributed by atoms with Crippen LogP contribution in [0.4, 0.5) is 0 Å². The fourth-order valence-corrected chi connectivity index (χ4v) is 2.14. The second kappa shape index (κ2) is 3.20. The van der Waals surface area contributed by atoms with Crippen LogP contribution in [0.2, 0.25) is 0 Å². The SMILES string of the molecule is C[C-]1CC(C)C2C=CC=C12.[Ti]. The molecule has 58 valence electrons. The van der Waals surface area contributed by atoms with Crippen molar-refractivity contribution in [3.8, 4) is 0 Å². The van der Waals surface area contributed by atoms with E-state index >= 15 is 0 Å². The zero-order valence-electron chi connectivity index (χ0n) is 7.09. The molecule has 0 nitrogen and oxygen atoms in total. The molecule has 1 saturated carbocycles. The summed E-state index contributed by atoms with van der Waals surface area (Å²) in [5, 5.41) is 0.